The number of aryl methyl sites for hydroxylation is 2. The van der Waals surface area contributed by atoms with E-state index in [4.69, 9.17) is 0 Å². The zero-order chi connectivity index (χ0) is 20.1. The summed E-state index contributed by atoms with van der Waals surface area (Å²) in [6.45, 7) is 1.95. The van der Waals surface area contributed by atoms with Crippen molar-refractivity contribution in [2.45, 2.75) is 24.7 Å². The molecule has 28 heavy (non-hydrogen) atoms. The zero-order valence-corrected chi connectivity index (χ0v) is 18.2. The quantitative estimate of drug-likeness (QED) is 0.518. The van der Waals surface area contributed by atoms with Crippen LogP contribution in [0.2, 0.25) is 0 Å². The summed E-state index contributed by atoms with van der Waals surface area (Å²) in [5, 5.41) is 4.88. The van der Waals surface area contributed by atoms with E-state index in [1.54, 1.807) is 23.6 Å². The van der Waals surface area contributed by atoms with Crippen molar-refractivity contribution in [1.82, 2.24) is 4.98 Å². The predicted molar refractivity (Wildman–Crippen MR) is 115 cm³/mol. The minimum atomic E-state index is -3.66. The van der Waals surface area contributed by atoms with Crippen molar-refractivity contribution < 1.29 is 13.2 Å². The molecule has 0 aliphatic carbocycles. The number of halogens is 1. The Morgan fingerprint density at radius 1 is 1.18 bits per heavy atom. The molecular formula is C19H18BrN3O3S2. The van der Waals surface area contributed by atoms with E-state index < -0.39 is 10.0 Å². The van der Waals surface area contributed by atoms with E-state index in [0.29, 0.717) is 12.1 Å². The molecule has 0 fully saturated rings. The van der Waals surface area contributed by atoms with Crippen LogP contribution in [-0.4, -0.2) is 19.3 Å². The lowest BCUT2D eigenvalue weighted by atomic mass is 10.2. The molecule has 146 valence electrons. The van der Waals surface area contributed by atoms with Gasteiger partial charge in [0.05, 0.1) is 10.6 Å². The maximum absolute atomic E-state index is 12.3. The van der Waals surface area contributed by atoms with Gasteiger partial charge in [-0.05, 0) is 49.2 Å². The average Bonchev–Trinajstić information content (AvgIpc) is 3.10. The molecule has 0 unspecified atom stereocenters. The van der Waals surface area contributed by atoms with Crippen molar-refractivity contribution in [1.29, 1.82) is 0 Å². The van der Waals surface area contributed by atoms with Gasteiger partial charge in [-0.2, -0.15) is 0 Å². The molecule has 1 heterocycles. The lowest BCUT2D eigenvalue weighted by molar-refractivity contribution is -0.116. The van der Waals surface area contributed by atoms with Gasteiger partial charge in [-0.3, -0.25) is 9.52 Å². The summed E-state index contributed by atoms with van der Waals surface area (Å²) in [7, 11) is -3.66. The van der Waals surface area contributed by atoms with Gasteiger partial charge in [0.2, 0.25) is 5.91 Å². The number of carbonyl (C=O) groups excluding carboxylic acids is 1. The fraction of sp³-hybridized carbons (Fsp3) is 0.158. The number of anilines is 2. The van der Waals surface area contributed by atoms with Crippen molar-refractivity contribution in [3.63, 3.8) is 0 Å². The molecule has 0 spiro atoms. The van der Waals surface area contributed by atoms with Gasteiger partial charge < -0.3 is 5.32 Å². The van der Waals surface area contributed by atoms with E-state index in [2.05, 4.69) is 31.0 Å². The second-order valence-electron chi connectivity index (χ2n) is 6.07. The van der Waals surface area contributed by atoms with E-state index in [1.807, 2.05) is 25.1 Å². The van der Waals surface area contributed by atoms with Crippen LogP contribution in [0.4, 0.5) is 10.8 Å². The molecule has 9 heteroatoms. The van der Waals surface area contributed by atoms with Crippen molar-refractivity contribution >= 4 is 54.0 Å². The number of benzene rings is 2. The highest BCUT2D eigenvalue weighted by molar-refractivity contribution is 9.10. The van der Waals surface area contributed by atoms with Gasteiger partial charge in [-0.15, -0.1) is 11.3 Å². The Balaban J connectivity index is 1.56. The number of aromatic nitrogens is 1. The molecule has 0 bridgehead atoms. The van der Waals surface area contributed by atoms with E-state index in [1.165, 1.54) is 23.5 Å². The van der Waals surface area contributed by atoms with Crippen molar-refractivity contribution in [2.24, 2.45) is 0 Å². The van der Waals surface area contributed by atoms with Crippen LogP contribution in [-0.2, 0) is 21.2 Å². The smallest absolute Gasteiger partial charge is 0.263 e. The van der Waals surface area contributed by atoms with Gasteiger partial charge in [-0.1, -0.05) is 34.1 Å². The number of hydrogen-bond donors (Lipinski definition) is 2. The van der Waals surface area contributed by atoms with E-state index in [0.717, 1.165) is 15.7 Å². The van der Waals surface area contributed by atoms with E-state index in [-0.39, 0.29) is 22.4 Å². The molecule has 3 rings (SSSR count). The topological polar surface area (TPSA) is 88.2 Å². The second kappa shape index (κ2) is 8.85. The summed E-state index contributed by atoms with van der Waals surface area (Å²) in [6.07, 6.45) is 0.675. The lowest BCUT2D eigenvalue weighted by Crippen LogP contribution is -2.13. The van der Waals surface area contributed by atoms with Crippen molar-refractivity contribution in [3.8, 4) is 0 Å². The Kier molecular flexibility index (Phi) is 6.48. The first-order chi connectivity index (χ1) is 13.3. The number of rotatable bonds is 7. The fourth-order valence-corrected chi connectivity index (χ4v) is 4.69. The third kappa shape index (κ3) is 5.40. The van der Waals surface area contributed by atoms with E-state index in [9.17, 15) is 13.2 Å². The summed E-state index contributed by atoms with van der Waals surface area (Å²) in [6, 6.07) is 13.7. The van der Waals surface area contributed by atoms with Crippen LogP contribution < -0.4 is 10.0 Å². The van der Waals surface area contributed by atoms with Gasteiger partial charge >= 0.3 is 0 Å². The molecule has 0 aliphatic rings. The largest absolute Gasteiger partial charge is 0.326 e. The molecule has 0 radical (unpaired) electrons. The second-order valence-corrected chi connectivity index (χ2v) is 9.47. The maximum Gasteiger partial charge on any atom is 0.263 e. The van der Waals surface area contributed by atoms with Crippen LogP contribution in [0.25, 0.3) is 0 Å². The molecule has 3 aromatic rings. The Morgan fingerprint density at radius 2 is 1.93 bits per heavy atom. The molecule has 0 atom stereocenters. The van der Waals surface area contributed by atoms with Crippen LogP contribution in [0.15, 0.2) is 63.3 Å². The minimum Gasteiger partial charge on any atom is -0.326 e. The average molecular weight is 480 g/mol. The molecule has 1 amide bonds. The number of carbonyl (C=O) groups is 1. The third-order valence-corrected chi connectivity index (χ3v) is 7.06. The Hall–Kier alpha value is -2.23. The standard InChI is InChI=1S/C19H18BrN3O3S2/c1-13-11-14(7-9-17(13)20)21-18(24)10-8-15-12-27-19(22-15)23-28(25,26)16-5-3-2-4-6-16/h2-7,9,11-12H,8,10H2,1H3,(H,21,24)(H,22,23). The van der Waals surface area contributed by atoms with E-state index >= 15 is 0 Å². The van der Waals surface area contributed by atoms with Crippen molar-refractivity contribution in [2.75, 3.05) is 10.0 Å². The SMILES string of the molecule is Cc1cc(NC(=O)CCc2csc(NS(=O)(=O)c3ccccc3)n2)ccc1Br. The Labute approximate surface area is 176 Å². The third-order valence-electron chi connectivity index (χ3n) is 3.88. The zero-order valence-electron chi connectivity index (χ0n) is 15.0. The summed E-state index contributed by atoms with van der Waals surface area (Å²) >= 11 is 4.62. The number of thiazole rings is 1. The maximum atomic E-state index is 12.3. The Morgan fingerprint density at radius 3 is 2.64 bits per heavy atom. The van der Waals surface area contributed by atoms with Crippen LogP contribution >= 0.6 is 27.3 Å². The van der Waals surface area contributed by atoms with Crippen LogP contribution in [0.1, 0.15) is 17.7 Å². The summed E-state index contributed by atoms with van der Waals surface area (Å²) < 4.78 is 28.1. The van der Waals surface area contributed by atoms with Gasteiger partial charge in [0.15, 0.2) is 5.13 Å². The minimum absolute atomic E-state index is 0.124. The number of sulfonamides is 1. The molecule has 2 N–H and O–H groups in total. The summed E-state index contributed by atoms with van der Waals surface area (Å²) in [5.74, 6) is -0.124. The normalized spacial score (nSPS) is 11.2. The molecular weight excluding hydrogens is 462 g/mol. The lowest BCUT2D eigenvalue weighted by Gasteiger charge is -2.06. The fourth-order valence-electron chi connectivity index (χ4n) is 2.43. The van der Waals surface area contributed by atoms with Gasteiger partial charge in [0.25, 0.3) is 10.0 Å². The molecule has 2 aromatic carbocycles. The number of hydrogen-bond acceptors (Lipinski definition) is 5. The summed E-state index contributed by atoms with van der Waals surface area (Å²) in [4.78, 5) is 16.6. The molecule has 6 nitrogen and oxygen atoms in total. The number of nitrogens with one attached hydrogen (secondary N) is 2. The first-order valence-corrected chi connectivity index (χ1v) is 11.6. The number of amides is 1. The predicted octanol–water partition coefficient (Wildman–Crippen LogP) is 4.59. The molecule has 0 saturated carbocycles. The van der Waals surface area contributed by atoms with Gasteiger partial charge in [0.1, 0.15) is 0 Å². The monoisotopic (exact) mass is 479 g/mol. The number of nitrogens with zero attached hydrogens (tertiary/aromatic N) is 1. The first-order valence-electron chi connectivity index (χ1n) is 8.42. The van der Waals surface area contributed by atoms with Crippen LogP contribution in [0, 0.1) is 6.92 Å². The first kappa shape index (κ1) is 20.5. The van der Waals surface area contributed by atoms with Gasteiger partial charge in [0, 0.05) is 22.0 Å². The molecule has 0 saturated heterocycles. The van der Waals surface area contributed by atoms with Crippen LogP contribution in [0.5, 0.6) is 0 Å². The molecule has 0 aliphatic heterocycles. The molecule has 1 aromatic heterocycles. The van der Waals surface area contributed by atoms with Gasteiger partial charge in [-0.25, -0.2) is 13.4 Å². The highest BCUT2D eigenvalue weighted by Gasteiger charge is 2.16. The summed E-state index contributed by atoms with van der Waals surface area (Å²) in [5.41, 5.74) is 2.44. The van der Waals surface area contributed by atoms with Crippen molar-refractivity contribution in [3.05, 3.63) is 69.6 Å². The highest BCUT2D eigenvalue weighted by atomic mass is 79.9. The Bertz CT molecular complexity index is 1080. The highest BCUT2D eigenvalue weighted by Crippen LogP contribution is 2.22. The van der Waals surface area contributed by atoms with Crippen LogP contribution in [0.3, 0.4) is 0 Å².